The quantitative estimate of drug-likeness (QED) is 0.400. The number of hydrogen-bond donors (Lipinski definition) is 1. The van der Waals surface area contributed by atoms with Gasteiger partial charge in [-0.1, -0.05) is 41.9 Å². The van der Waals surface area contributed by atoms with Gasteiger partial charge in [0.15, 0.2) is 5.65 Å². The first kappa shape index (κ1) is 20.0. The van der Waals surface area contributed by atoms with Crippen LogP contribution in [0.15, 0.2) is 66.7 Å². The van der Waals surface area contributed by atoms with Gasteiger partial charge in [-0.15, -0.1) is 5.10 Å². The van der Waals surface area contributed by atoms with E-state index in [0.29, 0.717) is 5.95 Å². The van der Waals surface area contributed by atoms with Gasteiger partial charge in [-0.3, -0.25) is 0 Å². The number of anilines is 2. The highest BCUT2D eigenvalue weighted by atomic mass is 35.5. The monoisotopic (exact) mass is 431 g/mol. The lowest BCUT2D eigenvalue weighted by molar-refractivity contribution is 0.334. The first-order valence-corrected chi connectivity index (χ1v) is 11.3. The number of aryl methyl sites for hydroxylation is 1. The van der Waals surface area contributed by atoms with E-state index in [-0.39, 0.29) is 0 Å². The molecule has 0 bridgehead atoms. The predicted molar refractivity (Wildman–Crippen MR) is 127 cm³/mol. The molecule has 2 aromatic carbocycles. The Bertz CT molecular complexity index is 1140. The molecule has 1 aliphatic heterocycles. The number of nitrogens with zero attached hydrogens (tertiary/aromatic N) is 4. The Morgan fingerprint density at radius 2 is 1.68 bits per heavy atom. The Balaban J connectivity index is 1.27. The third-order valence-electron chi connectivity index (χ3n) is 5.85. The minimum Gasteiger partial charge on any atom is -0.323 e. The molecule has 5 rings (SSSR count). The number of rotatable bonds is 7. The maximum atomic E-state index is 6.03. The fourth-order valence-corrected chi connectivity index (χ4v) is 4.32. The van der Waals surface area contributed by atoms with E-state index in [9.17, 15) is 0 Å². The van der Waals surface area contributed by atoms with Crippen LogP contribution in [0.5, 0.6) is 0 Å². The van der Waals surface area contributed by atoms with Crippen LogP contribution in [0.25, 0.3) is 16.9 Å². The van der Waals surface area contributed by atoms with E-state index in [1.165, 1.54) is 44.5 Å². The zero-order valence-corrected chi connectivity index (χ0v) is 18.2. The van der Waals surface area contributed by atoms with Gasteiger partial charge in [-0.25, -0.2) is 4.52 Å². The first-order valence-electron chi connectivity index (χ1n) is 10.9. The SMILES string of the molecule is Clc1ccc(-c2cccc3nc(Nc4ccc(CCCN5CCCC5)cc4)nn23)cc1. The molecule has 0 aliphatic carbocycles. The highest BCUT2D eigenvalue weighted by molar-refractivity contribution is 6.30. The van der Waals surface area contributed by atoms with Crippen molar-refractivity contribution in [2.75, 3.05) is 25.0 Å². The van der Waals surface area contributed by atoms with Gasteiger partial charge in [0.05, 0.1) is 5.69 Å². The summed E-state index contributed by atoms with van der Waals surface area (Å²) in [6.45, 7) is 3.75. The van der Waals surface area contributed by atoms with Crippen LogP contribution in [0.2, 0.25) is 5.02 Å². The highest BCUT2D eigenvalue weighted by Gasteiger charge is 2.11. The Hall–Kier alpha value is -2.89. The molecule has 31 heavy (non-hydrogen) atoms. The maximum Gasteiger partial charge on any atom is 0.247 e. The number of likely N-dealkylation sites (tertiary alicyclic amines) is 1. The Kier molecular flexibility index (Phi) is 5.87. The Morgan fingerprint density at radius 1 is 0.903 bits per heavy atom. The van der Waals surface area contributed by atoms with Crippen LogP contribution in [0.1, 0.15) is 24.8 Å². The van der Waals surface area contributed by atoms with E-state index in [1.807, 2.05) is 47.0 Å². The zero-order chi connectivity index (χ0) is 21.0. The van der Waals surface area contributed by atoms with Crippen molar-refractivity contribution in [3.8, 4) is 11.3 Å². The van der Waals surface area contributed by atoms with Gasteiger partial charge in [-0.05, 0) is 87.3 Å². The normalized spacial score (nSPS) is 14.4. The molecule has 0 spiro atoms. The summed E-state index contributed by atoms with van der Waals surface area (Å²) < 4.78 is 1.86. The predicted octanol–water partition coefficient (Wildman–Crippen LogP) is 5.82. The number of aromatic nitrogens is 3. The fourth-order valence-electron chi connectivity index (χ4n) is 4.19. The largest absolute Gasteiger partial charge is 0.323 e. The van der Waals surface area contributed by atoms with E-state index >= 15 is 0 Å². The lowest BCUT2D eigenvalue weighted by atomic mass is 10.1. The van der Waals surface area contributed by atoms with Gasteiger partial charge in [0.2, 0.25) is 5.95 Å². The van der Waals surface area contributed by atoms with Gasteiger partial charge < -0.3 is 10.2 Å². The minimum absolute atomic E-state index is 0.586. The lowest BCUT2D eigenvalue weighted by Gasteiger charge is -2.14. The topological polar surface area (TPSA) is 45.5 Å². The molecule has 1 N–H and O–H groups in total. The average Bonchev–Trinajstić information content (AvgIpc) is 3.45. The van der Waals surface area contributed by atoms with Crippen molar-refractivity contribution in [3.63, 3.8) is 0 Å². The number of benzene rings is 2. The molecule has 2 aromatic heterocycles. The molecule has 0 saturated carbocycles. The van der Waals surface area contributed by atoms with Crippen molar-refractivity contribution in [2.24, 2.45) is 0 Å². The molecule has 3 heterocycles. The summed E-state index contributed by atoms with van der Waals surface area (Å²) in [5.74, 6) is 0.586. The summed E-state index contributed by atoms with van der Waals surface area (Å²) in [6, 6.07) is 22.4. The van der Waals surface area contributed by atoms with Crippen LogP contribution < -0.4 is 5.32 Å². The van der Waals surface area contributed by atoms with Gasteiger partial charge >= 0.3 is 0 Å². The number of fused-ring (bicyclic) bond motifs is 1. The van der Waals surface area contributed by atoms with Crippen LogP contribution in [0, 0.1) is 0 Å². The second-order valence-corrected chi connectivity index (χ2v) is 8.53. The van der Waals surface area contributed by atoms with Crippen molar-refractivity contribution in [2.45, 2.75) is 25.7 Å². The van der Waals surface area contributed by atoms with E-state index in [2.05, 4.69) is 44.6 Å². The standard InChI is InChI=1S/C25H26ClN5/c26-21-12-10-20(11-13-21)23-6-3-7-24-28-25(29-31(23)24)27-22-14-8-19(9-15-22)5-4-18-30-16-1-2-17-30/h3,6-15H,1-2,4-5,16-18H2,(H,27,29). The number of nitrogens with one attached hydrogen (secondary N) is 1. The van der Waals surface area contributed by atoms with Gasteiger partial charge in [0.25, 0.3) is 0 Å². The van der Waals surface area contributed by atoms with E-state index < -0.39 is 0 Å². The lowest BCUT2D eigenvalue weighted by Crippen LogP contribution is -2.20. The number of halogens is 1. The molecule has 5 nitrogen and oxygen atoms in total. The van der Waals surface area contributed by atoms with E-state index in [0.717, 1.165) is 34.0 Å². The summed E-state index contributed by atoms with van der Waals surface area (Å²) >= 11 is 6.03. The van der Waals surface area contributed by atoms with Gasteiger partial charge in [0, 0.05) is 16.3 Å². The molecule has 0 unspecified atom stereocenters. The third-order valence-corrected chi connectivity index (χ3v) is 6.10. The summed E-state index contributed by atoms with van der Waals surface area (Å²) in [6.07, 6.45) is 5.05. The van der Waals surface area contributed by atoms with Crippen molar-refractivity contribution in [1.82, 2.24) is 19.5 Å². The molecule has 1 saturated heterocycles. The van der Waals surface area contributed by atoms with E-state index in [4.69, 9.17) is 11.6 Å². The maximum absolute atomic E-state index is 6.03. The fraction of sp³-hybridized carbons (Fsp3) is 0.280. The van der Waals surface area contributed by atoms with Gasteiger partial charge in [-0.2, -0.15) is 4.98 Å². The first-order chi connectivity index (χ1) is 15.2. The average molecular weight is 432 g/mol. The summed E-state index contributed by atoms with van der Waals surface area (Å²) in [5.41, 5.74) is 5.19. The number of pyridine rings is 1. The summed E-state index contributed by atoms with van der Waals surface area (Å²) in [5, 5.41) is 8.73. The molecular formula is C25H26ClN5. The molecule has 0 amide bonds. The van der Waals surface area contributed by atoms with Crippen molar-refractivity contribution in [3.05, 3.63) is 77.3 Å². The molecule has 0 atom stereocenters. The number of hydrogen-bond acceptors (Lipinski definition) is 4. The van der Waals surface area contributed by atoms with Crippen molar-refractivity contribution in [1.29, 1.82) is 0 Å². The Morgan fingerprint density at radius 3 is 2.45 bits per heavy atom. The Labute approximate surface area is 187 Å². The van der Waals surface area contributed by atoms with E-state index in [1.54, 1.807) is 0 Å². The minimum atomic E-state index is 0.586. The molecule has 1 aliphatic rings. The molecule has 6 heteroatoms. The molecule has 0 radical (unpaired) electrons. The van der Waals surface area contributed by atoms with Crippen LogP contribution in [-0.4, -0.2) is 39.1 Å². The third kappa shape index (κ3) is 4.73. The highest BCUT2D eigenvalue weighted by Crippen LogP contribution is 2.24. The smallest absolute Gasteiger partial charge is 0.247 e. The van der Waals surface area contributed by atoms with Crippen LogP contribution in [0.3, 0.4) is 0 Å². The molecule has 1 fully saturated rings. The van der Waals surface area contributed by atoms with Gasteiger partial charge in [0.1, 0.15) is 0 Å². The van der Waals surface area contributed by atoms with Crippen molar-refractivity contribution < 1.29 is 0 Å². The summed E-state index contributed by atoms with van der Waals surface area (Å²) in [4.78, 5) is 7.21. The van der Waals surface area contributed by atoms with Crippen molar-refractivity contribution >= 4 is 28.9 Å². The molecule has 4 aromatic rings. The second kappa shape index (κ2) is 9.08. The van der Waals surface area contributed by atoms with Crippen LogP contribution in [-0.2, 0) is 6.42 Å². The summed E-state index contributed by atoms with van der Waals surface area (Å²) in [7, 11) is 0. The second-order valence-electron chi connectivity index (χ2n) is 8.10. The molecule has 158 valence electrons. The molecular weight excluding hydrogens is 406 g/mol. The van der Waals surface area contributed by atoms with Crippen LogP contribution >= 0.6 is 11.6 Å². The van der Waals surface area contributed by atoms with Crippen LogP contribution in [0.4, 0.5) is 11.6 Å². The zero-order valence-electron chi connectivity index (χ0n) is 17.5.